The molecule has 0 saturated heterocycles. The molecule has 0 heteroatoms. The highest BCUT2D eigenvalue weighted by Gasteiger charge is 2.44. The van der Waals surface area contributed by atoms with Crippen molar-refractivity contribution in [2.24, 2.45) is 0 Å². The second-order valence-electron chi connectivity index (χ2n) is 23.6. The van der Waals surface area contributed by atoms with E-state index >= 15 is 0 Å². The van der Waals surface area contributed by atoms with Gasteiger partial charge in [0.25, 0.3) is 0 Å². The van der Waals surface area contributed by atoms with Gasteiger partial charge in [0.05, 0.1) is 0 Å². The molecule has 0 bridgehead atoms. The molecule has 0 heterocycles. The van der Waals surface area contributed by atoms with Crippen LogP contribution in [0.25, 0.3) is 100 Å². The fourth-order valence-corrected chi connectivity index (χ4v) is 15.4. The summed E-state index contributed by atoms with van der Waals surface area (Å²) in [6, 6.07) is 79.9. The number of hydrogen-bond donors (Lipinski definition) is 0. The Morgan fingerprint density at radius 2 is 0.421 bits per heavy atom. The monoisotopic (exact) mass is 979 g/mol. The standard InChI is InChI=1S/C76H66/c1-9-75(10-2)69-41-47(29-35-61(69)63-39-33-51(45-71(63)75)55-23-15-13-21-53(55)49-31-37-59-57-25-17-19-27-65(57)73(5,6)67(59)43-49)48-30-36-62-64-40-34-52(46-72(64)76(11-3,12-4)70(62)42-48)56-24-16-14-22-54(56)50-32-38-60-58-26-18-20-28-66(58)74(7,8)68(60)44-50/h13-46H,9-12H2,1-8H3. The van der Waals surface area contributed by atoms with Crippen molar-refractivity contribution < 1.29 is 0 Å². The smallest absolute Gasteiger partial charge is 0.0210 e. The van der Waals surface area contributed by atoms with E-state index in [1.165, 1.54) is 145 Å². The summed E-state index contributed by atoms with van der Waals surface area (Å²) in [7, 11) is 0. The molecule has 0 saturated carbocycles. The highest BCUT2D eigenvalue weighted by atomic mass is 14.5. The van der Waals surface area contributed by atoms with Crippen molar-refractivity contribution in [2.75, 3.05) is 0 Å². The predicted molar refractivity (Wildman–Crippen MR) is 322 cm³/mol. The Morgan fingerprint density at radius 1 is 0.211 bits per heavy atom. The van der Waals surface area contributed by atoms with Crippen LogP contribution in [0.3, 0.4) is 0 Å². The van der Waals surface area contributed by atoms with Gasteiger partial charge >= 0.3 is 0 Å². The van der Waals surface area contributed by atoms with E-state index in [-0.39, 0.29) is 21.7 Å². The average molecular weight is 979 g/mol. The first kappa shape index (κ1) is 46.7. The third kappa shape index (κ3) is 6.37. The largest absolute Gasteiger partial charge is 0.0642 e. The zero-order chi connectivity index (χ0) is 51.9. The highest BCUT2D eigenvalue weighted by Crippen LogP contribution is 2.58. The Balaban J connectivity index is 0.805. The third-order valence-corrected chi connectivity index (χ3v) is 19.7. The number of hydrogen-bond acceptors (Lipinski definition) is 0. The molecule has 0 atom stereocenters. The van der Waals surface area contributed by atoms with Crippen molar-refractivity contribution in [1.82, 2.24) is 0 Å². The zero-order valence-corrected chi connectivity index (χ0v) is 45.5. The van der Waals surface area contributed by atoms with Crippen LogP contribution in [-0.4, -0.2) is 0 Å². The SMILES string of the molecule is CCC1(CC)c2cc(-c3ccc4c(c3)C(CC)(CC)c3cc(-c5ccccc5-c5ccc6c(c5)C(C)(C)c5ccccc5-6)ccc3-4)ccc2-c2ccc(-c3ccccc3-c3ccc4c(c3)C(C)(C)c3ccccc3-4)cc21. The molecule has 0 amide bonds. The molecule has 76 heavy (non-hydrogen) atoms. The summed E-state index contributed by atoms with van der Waals surface area (Å²) in [6.45, 7) is 19.1. The molecule has 4 aliphatic rings. The molecule has 0 radical (unpaired) electrons. The lowest BCUT2D eigenvalue weighted by Gasteiger charge is -2.31. The summed E-state index contributed by atoms with van der Waals surface area (Å²) in [5, 5.41) is 0. The van der Waals surface area contributed by atoms with Crippen molar-refractivity contribution in [3.63, 3.8) is 0 Å². The van der Waals surface area contributed by atoms with Crippen LogP contribution >= 0.6 is 0 Å². The maximum absolute atomic E-state index is 2.57. The van der Waals surface area contributed by atoms with Crippen molar-refractivity contribution in [3.8, 4) is 100 Å². The van der Waals surface area contributed by atoms with E-state index in [1.54, 1.807) is 0 Å². The van der Waals surface area contributed by atoms with E-state index in [9.17, 15) is 0 Å². The summed E-state index contributed by atoms with van der Waals surface area (Å²) < 4.78 is 0. The molecule has 10 aromatic carbocycles. The van der Waals surface area contributed by atoms with Crippen molar-refractivity contribution >= 4 is 0 Å². The van der Waals surface area contributed by atoms with E-state index in [1.807, 2.05) is 0 Å². The minimum absolute atomic E-state index is 0.0503. The summed E-state index contributed by atoms with van der Waals surface area (Å²) >= 11 is 0. The van der Waals surface area contributed by atoms with Gasteiger partial charge in [0.15, 0.2) is 0 Å². The molecular weight excluding hydrogens is 913 g/mol. The lowest BCUT2D eigenvalue weighted by Crippen LogP contribution is -2.23. The van der Waals surface area contributed by atoms with Gasteiger partial charge in [-0.1, -0.05) is 225 Å². The second kappa shape index (κ2) is 16.9. The molecule has 0 fully saturated rings. The van der Waals surface area contributed by atoms with Crippen LogP contribution in [0, 0.1) is 0 Å². The Morgan fingerprint density at radius 3 is 0.711 bits per heavy atom. The minimum Gasteiger partial charge on any atom is -0.0642 e. The van der Waals surface area contributed by atoms with Gasteiger partial charge in [0.1, 0.15) is 0 Å². The van der Waals surface area contributed by atoms with E-state index < -0.39 is 0 Å². The third-order valence-electron chi connectivity index (χ3n) is 19.7. The topological polar surface area (TPSA) is 0 Å². The maximum Gasteiger partial charge on any atom is 0.0210 e. The fraction of sp³-hybridized carbons (Fsp3) is 0.211. The van der Waals surface area contributed by atoms with E-state index in [2.05, 4.69) is 262 Å². The van der Waals surface area contributed by atoms with Crippen LogP contribution in [0.1, 0.15) is 126 Å². The first-order chi connectivity index (χ1) is 36.9. The molecule has 0 aromatic heterocycles. The van der Waals surface area contributed by atoms with Crippen LogP contribution in [0.4, 0.5) is 0 Å². The normalized spacial score (nSPS) is 15.7. The van der Waals surface area contributed by atoms with Gasteiger partial charge in [-0.15, -0.1) is 0 Å². The number of benzene rings is 10. The van der Waals surface area contributed by atoms with Crippen LogP contribution in [-0.2, 0) is 21.7 Å². The Hall–Kier alpha value is -7.80. The first-order valence-electron chi connectivity index (χ1n) is 28.2. The summed E-state index contributed by atoms with van der Waals surface area (Å²) in [5.41, 5.74) is 35.1. The highest BCUT2D eigenvalue weighted by molar-refractivity contribution is 5.94. The first-order valence-corrected chi connectivity index (χ1v) is 28.2. The minimum atomic E-state index is -0.0910. The van der Waals surface area contributed by atoms with Gasteiger partial charge < -0.3 is 0 Å². The van der Waals surface area contributed by atoms with Crippen molar-refractivity contribution in [3.05, 3.63) is 251 Å². The quantitative estimate of drug-likeness (QED) is 0.135. The molecule has 0 spiro atoms. The van der Waals surface area contributed by atoms with Gasteiger partial charge in [-0.25, -0.2) is 0 Å². The number of fused-ring (bicyclic) bond motifs is 12. The lowest BCUT2D eigenvalue weighted by molar-refractivity contribution is 0.490. The lowest BCUT2D eigenvalue weighted by atomic mass is 9.72. The molecule has 0 unspecified atom stereocenters. The van der Waals surface area contributed by atoms with E-state index in [4.69, 9.17) is 0 Å². The maximum atomic E-state index is 2.57. The second-order valence-corrected chi connectivity index (χ2v) is 23.6. The van der Waals surface area contributed by atoms with E-state index in [0.717, 1.165) is 25.7 Å². The van der Waals surface area contributed by atoms with Crippen LogP contribution < -0.4 is 0 Å². The zero-order valence-electron chi connectivity index (χ0n) is 45.5. The molecular formula is C76H66. The predicted octanol–water partition coefficient (Wildman–Crippen LogP) is 20.8. The molecule has 4 aliphatic carbocycles. The summed E-state index contributed by atoms with van der Waals surface area (Å²) in [4.78, 5) is 0. The van der Waals surface area contributed by atoms with Crippen molar-refractivity contribution in [1.29, 1.82) is 0 Å². The van der Waals surface area contributed by atoms with Gasteiger partial charge in [-0.3, -0.25) is 0 Å². The molecule has 370 valence electrons. The summed E-state index contributed by atoms with van der Waals surface area (Å²) in [5.74, 6) is 0. The van der Waals surface area contributed by atoms with Gasteiger partial charge in [-0.05, 0) is 207 Å². The van der Waals surface area contributed by atoms with Gasteiger partial charge in [0, 0.05) is 21.7 Å². The van der Waals surface area contributed by atoms with Crippen LogP contribution in [0.15, 0.2) is 206 Å². The summed E-state index contributed by atoms with van der Waals surface area (Å²) in [6.07, 6.45) is 4.15. The van der Waals surface area contributed by atoms with Crippen LogP contribution in [0.2, 0.25) is 0 Å². The molecule has 0 aliphatic heterocycles. The van der Waals surface area contributed by atoms with Gasteiger partial charge in [-0.2, -0.15) is 0 Å². The molecule has 0 nitrogen and oxygen atoms in total. The molecule has 14 rings (SSSR count). The Bertz CT molecular complexity index is 3780. The van der Waals surface area contributed by atoms with E-state index in [0.29, 0.717) is 0 Å². The van der Waals surface area contributed by atoms with Crippen molar-refractivity contribution in [2.45, 2.75) is 103 Å². The Kier molecular flexibility index (Phi) is 10.4. The average Bonchev–Trinajstić information content (AvgIpc) is 4.19. The number of rotatable bonds is 9. The molecule has 10 aromatic rings. The molecule has 0 N–H and O–H groups in total. The fourth-order valence-electron chi connectivity index (χ4n) is 15.4. The Labute approximate surface area is 451 Å². The van der Waals surface area contributed by atoms with Gasteiger partial charge in [0.2, 0.25) is 0 Å². The van der Waals surface area contributed by atoms with Crippen LogP contribution in [0.5, 0.6) is 0 Å².